The zero-order valence-corrected chi connectivity index (χ0v) is 14.8. The van der Waals surface area contributed by atoms with E-state index in [-0.39, 0.29) is 0 Å². The molecule has 0 saturated carbocycles. The minimum absolute atomic E-state index is 0.333. The van der Waals surface area contributed by atoms with Crippen LogP contribution in [0.4, 0.5) is 11.8 Å². The molecule has 1 fully saturated rings. The van der Waals surface area contributed by atoms with Gasteiger partial charge in [-0.1, -0.05) is 11.6 Å². The maximum Gasteiger partial charge on any atom is 0.223 e. The van der Waals surface area contributed by atoms with Crippen molar-refractivity contribution in [3.05, 3.63) is 54.1 Å². The first-order valence-electron chi connectivity index (χ1n) is 8.52. The normalized spacial score (nSPS) is 15.0. The predicted octanol–water partition coefficient (Wildman–Crippen LogP) is 3.06. The van der Waals surface area contributed by atoms with E-state index in [4.69, 9.17) is 11.6 Å². The van der Waals surface area contributed by atoms with Crippen LogP contribution >= 0.6 is 11.6 Å². The minimum Gasteiger partial charge on any atom is -0.355 e. The van der Waals surface area contributed by atoms with Crippen molar-refractivity contribution in [3.63, 3.8) is 0 Å². The maximum atomic E-state index is 5.80. The molecule has 1 aliphatic rings. The molecule has 0 aliphatic carbocycles. The molecule has 0 bridgehead atoms. The molecule has 4 rings (SSSR count). The molecule has 0 radical (unpaired) electrons. The lowest BCUT2D eigenvalue weighted by molar-refractivity contribution is 0.519. The molecular weight excluding hydrogens is 350 g/mol. The van der Waals surface area contributed by atoms with Gasteiger partial charge in [0.25, 0.3) is 0 Å². The van der Waals surface area contributed by atoms with Crippen molar-refractivity contribution < 1.29 is 0 Å². The second kappa shape index (κ2) is 7.61. The molecule has 1 saturated heterocycles. The number of rotatable bonds is 4. The summed E-state index contributed by atoms with van der Waals surface area (Å²) in [6.45, 7) is 1.80. The summed E-state index contributed by atoms with van der Waals surface area (Å²) in [7, 11) is 0. The van der Waals surface area contributed by atoms with Gasteiger partial charge in [0, 0.05) is 43.3 Å². The van der Waals surface area contributed by atoms with Gasteiger partial charge in [0.1, 0.15) is 0 Å². The highest BCUT2D eigenvalue weighted by atomic mass is 35.5. The van der Waals surface area contributed by atoms with Crippen molar-refractivity contribution in [2.45, 2.75) is 18.9 Å². The smallest absolute Gasteiger partial charge is 0.223 e. The van der Waals surface area contributed by atoms with Crippen LogP contribution < -0.4 is 10.2 Å². The summed E-state index contributed by atoms with van der Waals surface area (Å²) in [5.74, 6) is 1.52. The third-order valence-electron chi connectivity index (χ3n) is 4.40. The molecule has 8 heteroatoms. The highest BCUT2D eigenvalue weighted by Gasteiger charge is 2.21. The van der Waals surface area contributed by atoms with Gasteiger partial charge in [-0.15, -0.1) is 10.2 Å². The lowest BCUT2D eigenvalue weighted by atomic mass is 10.1. The first-order valence-corrected chi connectivity index (χ1v) is 8.90. The Kier molecular flexibility index (Phi) is 4.88. The molecule has 7 nitrogen and oxygen atoms in total. The van der Waals surface area contributed by atoms with E-state index >= 15 is 0 Å². The third-order valence-corrected chi connectivity index (χ3v) is 4.60. The molecular formula is C18H18ClN7. The van der Waals surface area contributed by atoms with Crippen LogP contribution in [0.25, 0.3) is 11.3 Å². The van der Waals surface area contributed by atoms with Gasteiger partial charge in [-0.2, -0.15) is 0 Å². The molecule has 0 aromatic carbocycles. The molecule has 0 atom stereocenters. The number of pyridine rings is 1. The zero-order chi connectivity index (χ0) is 17.8. The Balaban J connectivity index is 1.38. The van der Waals surface area contributed by atoms with Crippen LogP contribution in [0.1, 0.15) is 12.8 Å². The zero-order valence-electron chi connectivity index (χ0n) is 14.1. The van der Waals surface area contributed by atoms with E-state index in [1.165, 1.54) is 0 Å². The number of nitrogens with zero attached hydrogens (tertiary/aromatic N) is 6. The van der Waals surface area contributed by atoms with E-state index in [1.54, 1.807) is 24.7 Å². The first kappa shape index (κ1) is 16.7. The van der Waals surface area contributed by atoms with Crippen LogP contribution in [-0.4, -0.2) is 44.3 Å². The van der Waals surface area contributed by atoms with Crippen LogP contribution in [0, 0.1) is 0 Å². The molecule has 1 aliphatic heterocycles. The fourth-order valence-corrected chi connectivity index (χ4v) is 3.13. The number of nitrogens with one attached hydrogen (secondary N) is 1. The van der Waals surface area contributed by atoms with Gasteiger partial charge in [0.15, 0.2) is 11.0 Å². The number of anilines is 2. The molecule has 132 valence electrons. The molecule has 3 aromatic heterocycles. The van der Waals surface area contributed by atoms with E-state index < -0.39 is 0 Å². The van der Waals surface area contributed by atoms with Gasteiger partial charge in [-0.05, 0) is 43.2 Å². The Morgan fingerprint density at radius 1 is 0.962 bits per heavy atom. The van der Waals surface area contributed by atoms with Crippen molar-refractivity contribution in [3.8, 4) is 11.3 Å². The third kappa shape index (κ3) is 3.88. The Labute approximate surface area is 156 Å². The largest absolute Gasteiger partial charge is 0.355 e. The summed E-state index contributed by atoms with van der Waals surface area (Å²) in [4.78, 5) is 15.2. The number of piperidine rings is 1. The first-order chi connectivity index (χ1) is 12.8. The highest BCUT2D eigenvalue weighted by Crippen LogP contribution is 2.21. The highest BCUT2D eigenvalue weighted by molar-refractivity contribution is 6.29. The molecule has 0 spiro atoms. The Bertz CT molecular complexity index is 849. The quantitative estimate of drug-likeness (QED) is 0.759. The summed E-state index contributed by atoms with van der Waals surface area (Å²) >= 11 is 5.80. The second-order valence-corrected chi connectivity index (χ2v) is 6.51. The minimum atomic E-state index is 0.333. The molecule has 0 unspecified atom stereocenters. The monoisotopic (exact) mass is 367 g/mol. The molecule has 1 N–H and O–H groups in total. The van der Waals surface area contributed by atoms with Crippen LogP contribution in [0.15, 0.2) is 48.9 Å². The SMILES string of the molecule is Clc1ccc(N2CCC(Nc3nccc(-c4ccncc4)n3)CC2)nn1. The Morgan fingerprint density at radius 2 is 1.77 bits per heavy atom. The van der Waals surface area contributed by atoms with Crippen LogP contribution in [0.2, 0.25) is 5.15 Å². The number of hydrogen-bond donors (Lipinski definition) is 1. The average molecular weight is 368 g/mol. The van der Waals surface area contributed by atoms with Crippen molar-refractivity contribution in [1.29, 1.82) is 0 Å². The van der Waals surface area contributed by atoms with Crippen LogP contribution in [0.5, 0.6) is 0 Å². The summed E-state index contributed by atoms with van der Waals surface area (Å²) in [6, 6.07) is 9.80. The summed E-state index contributed by atoms with van der Waals surface area (Å²) < 4.78 is 0. The summed E-state index contributed by atoms with van der Waals surface area (Å²) in [5.41, 5.74) is 1.92. The van der Waals surface area contributed by atoms with Crippen molar-refractivity contribution in [2.75, 3.05) is 23.3 Å². The number of hydrogen-bond acceptors (Lipinski definition) is 7. The molecule has 3 aromatic rings. The van der Waals surface area contributed by atoms with Gasteiger partial charge < -0.3 is 10.2 Å². The average Bonchev–Trinajstić information content (AvgIpc) is 2.70. The maximum absolute atomic E-state index is 5.80. The molecule has 26 heavy (non-hydrogen) atoms. The van der Waals surface area contributed by atoms with Crippen LogP contribution in [0.3, 0.4) is 0 Å². The number of halogens is 1. The van der Waals surface area contributed by atoms with E-state index in [1.807, 2.05) is 24.3 Å². The van der Waals surface area contributed by atoms with Gasteiger partial charge in [0.2, 0.25) is 5.95 Å². The Hall–Kier alpha value is -2.80. The van der Waals surface area contributed by atoms with Crippen molar-refractivity contribution >= 4 is 23.4 Å². The van der Waals surface area contributed by atoms with E-state index in [0.717, 1.165) is 43.0 Å². The van der Waals surface area contributed by atoms with Crippen molar-refractivity contribution in [2.24, 2.45) is 0 Å². The molecule has 0 amide bonds. The van der Waals surface area contributed by atoms with Gasteiger partial charge in [0.05, 0.1) is 5.69 Å². The summed E-state index contributed by atoms with van der Waals surface area (Å²) in [5, 5.41) is 11.9. The second-order valence-electron chi connectivity index (χ2n) is 6.12. The van der Waals surface area contributed by atoms with Crippen molar-refractivity contribution in [1.82, 2.24) is 25.1 Å². The predicted molar refractivity (Wildman–Crippen MR) is 101 cm³/mol. The summed E-state index contributed by atoms with van der Waals surface area (Å²) in [6.07, 6.45) is 7.27. The number of aromatic nitrogens is 5. The lowest BCUT2D eigenvalue weighted by Gasteiger charge is -2.32. The topological polar surface area (TPSA) is 79.7 Å². The lowest BCUT2D eigenvalue weighted by Crippen LogP contribution is -2.39. The van der Waals surface area contributed by atoms with E-state index in [9.17, 15) is 0 Å². The van der Waals surface area contributed by atoms with E-state index in [0.29, 0.717) is 17.1 Å². The molecule has 4 heterocycles. The van der Waals surface area contributed by atoms with Gasteiger partial charge in [-0.25, -0.2) is 9.97 Å². The van der Waals surface area contributed by atoms with Gasteiger partial charge >= 0.3 is 0 Å². The standard InChI is InChI=1S/C18H18ClN7/c19-16-1-2-17(25-24-16)26-11-6-14(7-12-26)22-18-21-10-5-15(23-18)13-3-8-20-9-4-13/h1-5,8-10,14H,6-7,11-12H2,(H,21,22,23). The fraction of sp³-hybridized carbons (Fsp3) is 0.278. The fourth-order valence-electron chi connectivity index (χ4n) is 3.02. The van der Waals surface area contributed by atoms with E-state index in [2.05, 4.69) is 35.4 Å². The van der Waals surface area contributed by atoms with Gasteiger partial charge in [-0.3, -0.25) is 4.98 Å². The Morgan fingerprint density at radius 3 is 2.50 bits per heavy atom. The van der Waals surface area contributed by atoms with Crippen LogP contribution in [-0.2, 0) is 0 Å².